The largest absolute Gasteiger partial charge is 0.477 e. The minimum absolute atomic E-state index is 0.855. The Hall–Kier alpha value is -4.22. The standard InChI is InChI=1S/C45H73N3O35/c1-12(54)46-23-15(57)4-43(40(69)70,80-34(23)26(61)18(60)7-49)78-20(9-51)28(63)35-24(47-13(2)55)16(58)5-44(81-35,41(71)72)79-21(10-52)29(64)36-25(48-14(3)56)17(59)6-45(82-36,42(73)74)83-37-27(62)19(8-50)76-39(32(37)67)77-33-22(11-53)75-38(68)31(66)30(33)65/h15-39,49-53,57-68H,4-11H2,1-3H3,(H,46,54)(H,47,55)(H,48,56)(H,69,70)(H,71,72)(H,73,74)/t15-,16-,17-,18+,19+,20+,21+,22+,23+,24+,25+,26+,27-,28+,29+,30+,31+,32+,33+,34+,35+,36+,37-,38-,39-,43+,44+,45-/m0/s1. The van der Waals surface area contributed by atoms with E-state index in [4.69, 9.17) is 42.6 Å². The van der Waals surface area contributed by atoms with Crippen molar-refractivity contribution in [2.24, 2.45) is 0 Å². The number of hydrogen-bond donors (Lipinski definition) is 23. The molecule has 0 radical (unpaired) electrons. The first-order valence-electron chi connectivity index (χ1n) is 25.5. The van der Waals surface area contributed by atoms with Crippen LogP contribution in [0, 0.1) is 0 Å². The van der Waals surface area contributed by atoms with Gasteiger partial charge in [-0.1, -0.05) is 0 Å². The molecule has 0 aliphatic carbocycles. The fourth-order valence-electron chi connectivity index (χ4n) is 10.3. The molecule has 0 aromatic carbocycles. The lowest BCUT2D eigenvalue weighted by Gasteiger charge is -2.51. The molecular weight excluding hydrogens is 1140 g/mol. The fraction of sp³-hybridized carbons (Fsp3) is 0.867. The first kappa shape index (κ1) is 69.6. The van der Waals surface area contributed by atoms with Gasteiger partial charge >= 0.3 is 17.9 Å². The zero-order valence-electron chi connectivity index (χ0n) is 44.2. The van der Waals surface area contributed by atoms with E-state index in [0.717, 1.165) is 20.8 Å². The highest BCUT2D eigenvalue weighted by molar-refractivity contribution is 5.78. The highest BCUT2D eigenvalue weighted by Gasteiger charge is 2.64. The first-order valence-corrected chi connectivity index (χ1v) is 25.5. The van der Waals surface area contributed by atoms with Crippen molar-refractivity contribution in [3.05, 3.63) is 0 Å². The van der Waals surface area contributed by atoms with Gasteiger partial charge in [0, 0.05) is 40.0 Å². The Labute approximate surface area is 467 Å². The SMILES string of the molecule is CC(=O)N[C@H]1[C@H]([C@H](O)[C@H](O)CO)O[C@@](O[C@H](CO)[C@@H](O)[C@@H]2O[C@@](O[C@H](CO)[C@@H](O)[C@@H]3O[C@@](O[C@H]4[C@@H](O)[C@@H](CO)O[C@@H](O[C@H]5[C@H](O)[C@@H](O)[C@@H](O)O[C@@H]5CO)[C@@H]4O)(C(=O)O)C[C@H](O)[C@H]3NC(C)=O)(C(=O)O)C[C@H](O)[C@H]2NC(C)=O)(C(=O)O)C[C@@H]1O. The molecule has 5 heterocycles. The van der Waals surface area contributed by atoms with Gasteiger partial charge in [0.1, 0.15) is 104 Å². The van der Waals surface area contributed by atoms with Crippen molar-refractivity contribution < 1.29 is 174 Å². The van der Waals surface area contributed by atoms with Gasteiger partial charge in [0.15, 0.2) is 12.6 Å². The molecule has 478 valence electrons. The smallest absolute Gasteiger partial charge is 0.364 e. The van der Waals surface area contributed by atoms with Crippen LogP contribution in [-0.2, 0) is 71.4 Å². The molecular formula is C45H73N3O35. The maximum atomic E-state index is 13.5. The van der Waals surface area contributed by atoms with Crippen LogP contribution >= 0.6 is 0 Å². The highest BCUT2D eigenvalue weighted by Crippen LogP contribution is 2.42. The molecule has 5 saturated heterocycles. The molecule has 38 nitrogen and oxygen atoms in total. The van der Waals surface area contributed by atoms with E-state index in [1.165, 1.54) is 0 Å². The van der Waals surface area contributed by atoms with E-state index in [-0.39, 0.29) is 0 Å². The molecule has 0 aromatic heterocycles. The molecule has 0 unspecified atom stereocenters. The summed E-state index contributed by atoms with van der Waals surface area (Å²) in [5.74, 6) is -20.0. The number of carbonyl (C=O) groups excluding carboxylic acids is 3. The van der Waals surface area contributed by atoms with Crippen molar-refractivity contribution in [1.29, 1.82) is 0 Å². The van der Waals surface area contributed by atoms with Gasteiger partial charge in [-0.15, -0.1) is 0 Å². The summed E-state index contributed by atoms with van der Waals surface area (Å²) in [6.45, 7) is -3.87. The second-order valence-electron chi connectivity index (χ2n) is 20.4. The van der Waals surface area contributed by atoms with Crippen molar-refractivity contribution in [2.75, 3.05) is 33.0 Å². The molecule has 5 fully saturated rings. The topological polar surface area (TPSA) is 626 Å². The zero-order valence-corrected chi connectivity index (χ0v) is 44.2. The number of hydrogen-bond acceptors (Lipinski definition) is 32. The summed E-state index contributed by atoms with van der Waals surface area (Å²) in [7, 11) is 0. The summed E-state index contributed by atoms with van der Waals surface area (Å²) in [5, 5.41) is 223. The predicted molar refractivity (Wildman–Crippen MR) is 253 cm³/mol. The normalized spacial score (nSPS) is 41.7. The number of rotatable bonds is 25. The summed E-state index contributed by atoms with van der Waals surface area (Å²) < 4.78 is 50.0. The van der Waals surface area contributed by atoms with Crippen LogP contribution < -0.4 is 16.0 Å². The second kappa shape index (κ2) is 28.5. The van der Waals surface area contributed by atoms with Crippen LogP contribution in [0.2, 0.25) is 0 Å². The minimum Gasteiger partial charge on any atom is -0.477 e. The van der Waals surface area contributed by atoms with Crippen molar-refractivity contribution in [3.8, 4) is 0 Å². The maximum Gasteiger partial charge on any atom is 0.364 e. The Morgan fingerprint density at radius 2 is 0.880 bits per heavy atom. The van der Waals surface area contributed by atoms with Crippen molar-refractivity contribution >= 4 is 35.6 Å². The quantitative estimate of drug-likeness (QED) is 0.0404. The fourth-order valence-corrected chi connectivity index (χ4v) is 10.3. The Balaban J connectivity index is 1.51. The van der Waals surface area contributed by atoms with Crippen LogP contribution in [0.25, 0.3) is 0 Å². The number of carbonyl (C=O) groups is 6. The Morgan fingerprint density at radius 3 is 1.24 bits per heavy atom. The number of aliphatic hydroxyl groups excluding tert-OH is 17. The summed E-state index contributed by atoms with van der Waals surface area (Å²) in [6, 6.07) is -5.81. The van der Waals surface area contributed by atoms with Crippen molar-refractivity contribution in [1.82, 2.24) is 16.0 Å². The van der Waals surface area contributed by atoms with E-state index in [1.807, 2.05) is 0 Å². The van der Waals surface area contributed by atoms with Crippen molar-refractivity contribution in [3.63, 3.8) is 0 Å². The number of carboxylic acids is 3. The average molecular weight is 1220 g/mol. The second-order valence-corrected chi connectivity index (χ2v) is 20.4. The molecule has 5 aliphatic rings. The Kier molecular flexibility index (Phi) is 23.9. The van der Waals surface area contributed by atoms with Gasteiger partial charge in [0.05, 0.1) is 69.5 Å². The summed E-state index contributed by atoms with van der Waals surface area (Å²) in [4.78, 5) is 77.0. The number of ether oxygens (including phenoxy) is 9. The van der Waals surface area contributed by atoms with E-state index in [2.05, 4.69) is 16.0 Å². The Bertz CT molecular complexity index is 2220. The van der Waals surface area contributed by atoms with E-state index in [1.54, 1.807) is 0 Å². The van der Waals surface area contributed by atoms with Gasteiger partial charge in [-0.05, 0) is 0 Å². The lowest BCUT2D eigenvalue weighted by molar-refractivity contribution is -0.387. The van der Waals surface area contributed by atoms with Gasteiger partial charge in [-0.2, -0.15) is 0 Å². The van der Waals surface area contributed by atoms with Gasteiger partial charge < -0.3 is 161 Å². The third-order valence-electron chi connectivity index (χ3n) is 14.5. The van der Waals surface area contributed by atoms with Gasteiger partial charge in [0.25, 0.3) is 17.4 Å². The average Bonchev–Trinajstić information content (AvgIpc) is 2.25. The van der Waals surface area contributed by atoms with Crippen LogP contribution in [-0.4, -0.2) is 341 Å². The van der Waals surface area contributed by atoms with E-state index in [9.17, 15) is 131 Å². The molecule has 0 saturated carbocycles. The number of aliphatic carboxylic acids is 3. The third-order valence-corrected chi connectivity index (χ3v) is 14.5. The summed E-state index contributed by atoms with van der Waals surface area (Å²) >= 11 is 0. The summed E-state index contributed by atoms with van der Waals surface area (Å²) in [5.41, 5.74) is 0. The number of nitrogens with one attached hydrogen (secondary N) is 3. The van der Waals surface area contributed by atoms with Gasteiger partial charge in [0.2, 0.25) is 17.7 Å². The molecule has 5 aliphatic heterocycles. The molecule has 3 amide bonds. The molecule has 0 bridgehead atoms. The number of aliphatic hydroxyl groups is 17. The molecule has 0 aromatic rings. The minimum atomic E-state index is -3.54. The van der Waals surface area contributed by atoms with E-state index < -0.39 is 258 Å². The lowest BCUT2D eigenvalue weighted by atomic mass is 9.86. The van der Waals surface area contributed by atoms with Crippen LogP contribution in [0.3, 0.4) is 0 Å². The summed E-state index contributed by atoms with van der Waals surface area (Å²) in [6.07, 6.45) is -54.0. The molecule has 38 heteroatoms. The van der Waals surface area contributed by atoms with Crippen molar-refractivity contribution in [2.45, 2.75) is 210 Å². The number of amides is 3. The number of carboxylic acid groups (broad SMARTS) is 3. The Morgan fingerprint density at radius 1 is 0.494 bits per heavy atom. The third kappa shape index (κ3) is 15.0. The highest BCUT2D eigenvalue weighted by atomic mass is 16.8. The van der Waals surface area contributed by atoms with Crippen LogP contribution in [0.4, 0.5) is 0 Å². The van der Waals surface area contributed by atoms with Crippen LogP contribution in [0.1, 0.15) is 40.0 Å². The van der Waals surface area contributed by atoms with Crippen LogP contribution in [0.15, 0.2) is 0 Å². The molecule has 5 rings (SSSR count). The molecule has 23 N–H and O–H groups in total. The maximum absolute atomic E-state index is 13.5. The molecule has 28 atom stereocenters. The van der Waals surface area contributed by atoms with Crippen LogP contribution in [0.5, 0.6) is 0 Å². The molecule has 83 heavy (non-hydrogen) atoms. The molecule has 0 spiro atoms. The lowest BCUT2D eigenvalue weighted by Crippen LogP contribution is -2.72. The van der Waals surface area contributed by atoms with E-state index >= 15 is 0 Å². The van der Waals surface area contributed by atoms with E-state index in [0.29, 0.717) is 0 Å². The zero-order chi connectivity index (χ0) is 62.5. The van der Waals surface area contributed by atoms with Gasteiger partial charge in [-0.3, -0.25) is 14.4 Å². The van der Waals surface area contributed by atoms with Gasteiger partial charge in [-0.25, -0.2) is 14.4 Å². The first-order chi connectivity index (χ1) is 38.7. The predicted octanol–water partition coefficient (Wildman–Crippen LogP) is -13.9. The monoisotopic (exact) mass is 1220 g/mol.